The van der Waals surface area contributed by atoms with Crippen molar-refractivity contribution < 1.29 is 33.4 Å². The molecule has 0 saturated carbocycles. The van der Waals surface area contributed by atoms with Crippen LogP contribution in [0.3, 0.4) is 0 Å². The van der Waals surface area contributed by atoms with Crippen molar-refractivity contribution in [2.24, 2.45) is 0 Å². The van der Waals surface area contributed by atoms with Crippen molar-refractivity contribution in [3.63, 3.8) is 0 Å². The number of ether oxygens (including phenoxy) is 3. The van der Waals surface area contributed by atoms with Gasteiger partial charge in [0.15, 0.2) is 11.5 Å². The molecule has 2 N–H and O–H groups in total. The first-order chi connectivity index (χ1) is 31.1. The summed E-state index contributed by atoms with van der Waals surface area (Å²) in [6, 6.07) is 14.3. The number of methoxy groups -OCH3 is 2. The zero-order valence-electron chi connectivity index (χ0n) is 36.5. The average Bonchev–Trinajstić information content (AvgIpc) is 3.63. The Hall–Kier alpha value is -5.62. The molecule has 14 nitrogen and oxygen atoms in total. The van der Waals surface area contributed by atoms with Gasteiger partial charge < -0.3 is 29.3 Å². The number of nitrogens with zero attached hydrogens (tertiary/aromatic N) is 5. The number of nitrogens with one attached hydrogen (secondary N) is 2. The van der Waals surface area contributed by atoms with Crippen LogP contribution >= 0.6 is 23.2 Å². The number of rotatable bonds is 20. The predicted octanol–water partition coefficient (Wildman–Crippen LogP) is 8.21. The van der Waals surface area contributed by atoms with Gasteiger partial charge in [0.1, 0.15) is 17.9 Å². The van der Waals surface area contributed by atoms with Crippen LogP contribution in [0.5, 0.6) is 17.2 Å². The highest BCUT2D eigenvalue weighted by Crippen LogP contribution is 2.40. The lowest BCUT2D eigenvalue weighted by molar-refractivity contribution is -0.137. The number of nitriles is 1. The topological polar surface area (TPSA) is 166 Å². The fourth-order valence-electron chi connectivity index (χ4n) is 8.82. The lowest BCUT2D eigenvalue weighted by Gasteiger charge is -2.34. The highest BCUT2D eigenvalue weighted by atomic mass is 35.5. The molecule has 3 aliphatic heterocycles. The number of hydrogen-bond acceptors (Lipinski definition) is 11. The second kappa shape index (κ2) is 21.8. The highest BCUT2D eigenvalue weighted by molar-refractivity contribution is 6.37. The van der Waals surface area contributed by atoms with E-state index in [1.807, 2.05) is 17.0 Å². The second-order valence-corrected chi connectivity index (χ2v) is 17.3. The van der Waals surface area contributed by atoms with Gasteiger partial charge in [-0.25, -0.2) is 0 Å². The third-order valence-corrected chi connectivity index (χ3v) is 13.0. The summed E-state index contributed by atoms with van der Waals surface area (Å²) >= 11 is 12.7. The number of amides is 4. The molecule has 338 valence electrons. The van der Waals surface area contributed by atoms with E-state index in [9.17, 15) is 24.4 Å². The van der Waals surface area contributed by atoms with Gasteiger partial charge in [0, 0.05) is 81.4 Å². The summed E-state index contributed by atoms with van der Waals surface area (Å²) in [4.78, 5) is 60.7. The van der Waals surface area contributed by atoms with Crippen LogP contribution in [0.25, 0.3) is 10.9 Å². The van der Waals surface area contributed by atoms with E-state index in [0.717, 1.165) is 102 Å². The van der Waals surface area contributed by atoms with E-state index >= 15 is 0 Å². The fourth-order valence-corrected chi connectivity index (χ4v) is 9.32. The Morgan fingerprint density at radius 3 is 2.39 bits per heavy atom. The molecule has 0 bridgehead atoms. The summed E-state index contributed by atoms with van der Waals surface area (Å²) in [5, 5.41) is 16.9. The molecule has 4 amide bonds. The minimum atomic E-state index is -0.596. The highest BCUT2D eigenvalue weighted by Gasteiger charge is 2.39. The molecule has 3 aliphatic rings. The third kappa shape index (κ3) is 11.0. The lowest BCUT2D eigenvalue weighted by Crippen LogP contribution is -2.52. The van der Waals surface area contributed by atoms with E-state index in [1.54, 1.807) is 36.3 Å². The first-order valence-electron chi connectivity index (χ1n) is 22.2. The van der Waals surface area contributed by atoms with Gasteiger partial charge in [0.2, 0.25) is 17.7 Å². The number of anilines is 2. The minimum Gasteiger partial charge on any atom is -0.495 e. The molecule has 2 saturated heterocycles. The maximum Gasteiger partial charge on any atom is 0.255 e. The minimum absolute atomic E-state index is 0.127. The summed E-state index contributed by atoms with van der Waals surface area (Å²) in [6.45, 7) is 4.84. The fraction of sp³-hybridized carbons (Fsp3) is 0.458. The van der Waals surface area contributed by atoms with E-state index in [2.05, 4.69) is 32.7 Å². The van der Waals surface area contributed by atoms with Crippen LogP contribution in [0.4, 0.5) is 11.4 Å². The van der Waals surface area contributed by atoms with Gasteiger partial charge in [-0.2, -0.15) is 5.26 Å². The summed E-state index contributed by atoms with van der Waals surface area (Å²) in [5.41, 5.74) is 4.81. The number of pyridine rings is 1. The molecule has 1 aromatic heterocycles. The Kier molecular flexibility index (Phi) is 15.8. The Morgan fingerprint density at radius 1 is 0.906 bits per heavy atom. The molecular weight excluding hydrogens is 857 g/mol. The number of halogens is 2. The van der Waals surface area contributed by atoms with Crippen molar-refractivity contribution in [3.05, 3.63) is 81.0 Å². The number of fused-ring (bicyclic) bond motifs is 2. The number of unbranched alkanes of at least 4 members (excludes halogenated alkanes) is 6. The van der Waals surface area contributed by atoms with Crippen molar-refractivity contribution >= 4 is 69.1 Å². The van der Waals surface area contributed by atoms with Gasteiger partial charge in [0.25, 0.3) is 5.91 Å². The van der Waals surface area contributed by atoms with Gasteiger partial charge >= 0.3 is 0 Å². The van der Waals surface area contributed by atoms with Crippen molar-refractivity contribution in [3.8, 4) is 23.3 Å². The normalized spacial score (nSPS) is 16.4. The molecule has 4 heterocycles. The maximum absolute atomic E-state index is 13.1. The Labute approximate surface area is 384 Å². The SMILES string of the molecule is COc1cc(Nc2c(C#N)cnc3cc(OCCCN4CCN(C(=O)CCCCCCCCCc5cccc6c5CN(C5CCC(=O)NC5=O)C6=O)CC4)c(OC)cc23)c(Cl)cc1Cl. The van der Waals surface area contributed by atoms with Gasteiger partial charge in [0.05, 0.1) is 53.3 Å². The van der Waals surface area contributed by atoms with Crippen molar-refractivity contribution in [2.45, 2.75) is 89.6 Å². The third-order valence-electron chi connectivity index (χ3n) is 12.4. The summed E-state index contributed by atoms with van der Waals surface area (Å²) < 4.78 is 17.3. The number of hydrogen-bond donors (Lipinski definition) is 2. The lowest BCUT2D eigenvalue weighted by atomic mass is 9.98. The monoisotopic (exact) mass is 911 g/mol. The Balaban J connectivity index is 0.768. The standard InChI is InChI=1S/C48H55Cl2N7O7/c1-62-41-27-39(36(49)25-37(41)50)53-46-32(28-51)29-52-38-26-43(42(63-2)24-34(38)46)64-23-11-18-55-19-21-56(22-20-55)45(59)15-9-7-5-3-4-6-8-12-31-13-10-14-33-35(31)30-57(48(33)61)40-16-17-44(58)54-47(40)60/h10,13-14,24-27,29,40H,3-9,11-12,15-23,30H2,1-2H3,(H,52,53)(H,54,58,60). The number of piperidine rings is 1. The number of carbonyl (C=O) groups excluding carboxylic acids is 4. The summed E-state index contributed by atoms with van der Waals surface area (Å²) in [5.74, 6) is 0.936. The van der Waals surface area contributed by atoms with Crippen molar-refractivity contribution in [1.29, 1.82) is 5.26 Å². The van der Waals surface area contributed by atoms with Crippen LogP contribution in [0.15, 0.2) is 48.7 Å². The van der Waals surface area contributed by atoms with Crippen LogP contribution in [0, 0.1) is 11.3 Å². The van der Waals surface area contributed by atoms with E-state index in [4.69, 9.17) is 37.4 Å². The zero-order valence-corrected chi connectivity index (χ0v) is 38.0. The predicted molar refractivity (Wildman–Crippen MR) is 246 cm³/mol. The largest absolute Gasteiger partial charge is 0.495 e. The molecule has 2 fully saturated rings. The number of aromatic nitrogens is 1. The molecule has 4 aromatic rings. The number of carbonyl (C=O) groups is 4. The van der Waals surface area contributed by atoms with E-state index in [0.29, 0.717) is 86.7 Å². The van der Waals surface area contributed by atoms with Gasteiger partial charge in [-0.15, -0.1) is 0 Å². The molecule has 1 unspecified atom stereocenters. The molecule has 64 heavy (non-hydrogen) atoms. The maximum atomic E-state index is 13.1. The summed E-state index contributed by atoms with van der Waals surface area (Å²) in [7, 11) is 3.09. The molecule has 16 heteroatoms. The van der Waals surface area contributed by atoms with Gasteiger partial charge in [-0.1, -0.05) is 67.4 Å². The van der Waals surface area contributed by atoms with Gasteiger partial charge in [-0.05, 0) is 61.4 Å². The van der Waals surface area contributed by atoms with E-state index in [-0.39, 0.29) is 30.0 Å². The molecule has 1 atom stereocenters. The number of aryl methyl sites for hydroxylation is 1. The van der Waals surface area contributed by atoms with E-state index < -0.39 is 6.04 Å². The van der Waals surface area contributed by atoms with Crippen LogP contribution in [-0.4, -0.2) is 103 Å². The molecule has 7 rings (SSSR count). The first-order valence-corrected chi connectivity index (χ1v) is 22.9. The molecule has 0 spiro atoms. The molecule has 3 aromatic carbocycles. The molecular formula is C48H55Cl2N7O7. The summed E-state index contributed by atoms with van der Waals surface area (Å²) in [6.07, 6.45) is 11.8. The van der Waals surface area contributed by atoms with Crippen molar-refractivity contribution in [1.82, 2.24) is 25.0 Å². The zero-order chi connectivity index (χ0) is 45.2. The average molecular weight is 913 g/mol. The van der Waals surface area contributed by atoms with Gasteiger partial charge in [-0.3, -0.25) is 34.4 Å². The molecule has 0 aliphatic carbocycles. The Bertz CT molecular complexity index is 2420. The van der Waals surface area contributed by atoms with E-state index in [1.165, 1.54) is 13.3 Å². The van der Waals surface area contributed by atoms with Crippen LogP contribution in [0.1, 0.15) is 97.7 Å². The quantitative estimate of drug-likeness (QED) is 0.0648. The van der Waals surface area contributed by atoms with Crippen LogP contribution in [0.2, 0.25) is 10.0 Å². The number of piperazine rings is 1. The van der Waals surface area contributed by atoms with Crippen molar-refractivity contribution in [2.75, 3.05) is 58.9 Å². The number of benzene rings is 3. The second-order valence-electron chi connectivity index (χ2n) is 16.5. The smallest absolute Gasteiger partial charge is 0.255 e. The number of imide groups is 1. The molecule has 0 radical (unpaired) electrons. The van der Waals surface area contributed by atoms with Crippen LogP contribution in [-0.2, 0) is 27.3 Å². The van der Waals surface area contributed by atoms with Crippen LogP contribution < -0.4 is 24.8 Å². The Morgan fingerprint density at radius 2 is 1.66 bits per heavy atom. The first kappa shape index (κ1) is 46.4.